The van der Waals surface area contributed by atoms with E-state index in [1.165, 1.54) is 0 Å². The first kappa shape index (κ1) is 15.2. The molecule has 1 fully saturated rings. The Morgan fingerprint density at radius 3 is 1.88 bits per heavy atom. The fourth-order valence-electron chi connectivity index (χ4n) is 2.17. The van der Waals surface area contributed by atoms with Gasteiger partial charge in [-0.05, 0) is 0 Å². The van der Waals surface area contributed by atoms with Crippen molar-refractivity contribution in [3.63, 3.8) is 0 Å². The minimum absolute atomic E-state index is 0.262. The summed E-state index contributed by atoms with van der Waals surface area (Å²) in [4.78, 5) is 43.7. The summed E-state index contributed by atoms with van der Waals surface area (Å²) in [5.74, 6) is 0. The third-order valence-corrected chi connectivity index (χ3v) is 3.76. The second-order valence-electron chi connectivity index (χ2n) is 4.45. The van der Waals surface area contributed by atoms with E-state index in [1.54, 1.807) is 0 Å². The standard InChI is InChI=1S/C14H19BrO9/c15-14-13(23-8-4-19)12(22-7-3-18)11(21-6-2-17)10(24-14)9-20-5-1-16/h1-4,10-14H,5-9H2/t10-,11-,12+,13-,14?/m1/s1/i1D,2D,3D,4D. The van der Waals surface area contributed by atoms with Gasteiger partial charge in [0.2, 0.25) is 0 Å². The van der Waals surface area contributed by atoms with Gasteiger partial charge < -0.3 is 42.9 Å². The first-order valence-electron chi connectivity index (χ1n) is 8.81. The van der Waals surface area contributed by atoms with Crippen molar-refractivity contribution < 1.29 is 48.3 Å². The van der Waals surface area contributed by atoms with E-state index >= 15 is 0 Å². The first-order chi connectivity index (χ1) is 13.1. The van der Waals surface area contributed by atoms with E-state index in [2.05, 4.69) is 15.9 Å². The molecule has 0 bridgehead atoms. The molecule has 136 valence electrons. The number of hydrogen-bond acceptors (Lipinski definition) is 9. The number of aldehydes is 4. The molecule has 0 aliphatic carbocycles. The molecule has 0 spiro atoms. The van der Waals surface area contributed by atoms with Gasteiger partial charge in [-0.3, -0.25) is 0 Å². The lowest BCUT2D eigenvalue weighted by molar-refractivity contribution is -0.240. The second kappa shape index (κ2) is 12.3. The smallest absolute Gasteiger partial charge is 0.145 e. The molecule has 24 heavy (non-hydrogen) atoms. The van der Waals surface area contributed by atoms with E-state index in [0.29, 0.717) is 0 Å². The summed E-state index contributed by atoms with van der Waals surface area (Å²) >= 11 is 3.17. The van der Waals surface area contributed by atoms with Crippen LogP contribution in [0.4, 0.5) is 0 Å². The third kappa shape index (κ3) is 6.46. The van der Waals surface area contributed by atoms with Gasteiger partial charge in [-0.1, -0.05) is 15.9 Å². The zero-order chi connectivity index (χ0) is 21.3. The van der Waals surface area contributed by atoms with Crippen LogP contribution in [-0.2, 0) is 42.9 Å². The summed E-state index contributed by atoms with van der Waals surface area (Å²) in [6, 6.07) is 0. The van der Waals surface area contributed by atoms with Gasteiger partial charge in [0.15, 0.2) is 0 Å². The Bertz CT molecular complexity index is 579. The van der Waals surface area contributed by atoms with Gasteiger partial charge in [-0.15, -0.1) is 0 Å². The van der Waals surface area contributed by atoms with Crippen molar-refractivity contribution in [2.75, 3.05) is 33.0 Å². The van der Waals surface area contributed by atoms with Gasteiger partial charge >= 0.3 is 0 Å². The fraction of sp³-hybridized carbons (Fsp3) is 0.714. The molecular formula is C14H19BrO9. The molecule has 0 saturated carbocycles. The van der Waals surface area contributed by atoms with Gasteiger partial charge in [0.05, 0.1) is 6.61 Å². The summed E-state index contributed by atoms with van der Waals surface area (Å²) in [6.07, 6.45) is -8.47. The maximum Gasteiger partial charge on any atom is 0.145 e. The molecule has 10 heteroatoms. The Morgan fingerprint density at radius 1 is 0.833 bits per heavy atom. The Kier molecular flexibility index (Phi) is 7.83. The zero-order valence-electron chi connectivity index (χ0n) is 16.5. The van der Waals surface area contributed by atoms with Crippen molar-refractivity contribution in [2.24, 2.45) is 0 Å². The quantitative estimate of drug-likeness (QED) is 0.278. The third-order valence-electron chi connectivity index (χ3n) is 3.02. The van der Waals surface area contributed by atoms with Gasteiger partial charge in [-0.2, -0.15) is 0 Å². The summed E-state index contributed by atoms with van der Waals surface area (Å²) in [7, 11) is 0. The molecule has 0 amide bonds. The topological polar surface area (TPSA) is 114 Å². The number of halogens is 1. The molecule has 1 aliphatic rings. The van der Waals surface area contributed by atoms with Gasteiger partial charge in [-0.25, -0.2) is 0 Å². The van der Waals surface area contributed by atoms with Crippen LogP contribution in [0.15, 0.2) is 0 Å². The number of carbonyl (C=O) groups is 4. The SMILES string of the molecule is [2H]C(=O)COC[C@H]1OC(Br)[C@H](OCC([2H])=O)[C@@H](OCC([2H])=O)[C@@H]1OCC([2H])=O. The molecular weight excluding hydrogens is 392 g/mol. The van der Waals surface area contributed by atoms with Crippen LogP contribution in [0.25, 0.3) is 0 Å². The lowest BCUT2D eigenvalue weighted by Crippen LogP contribution is -2.60. The van der Waals surface area contributed by atoms with E-state index in [1.807, 2.05) is 0 Å². The van der Waals surface area contributed by atoms with Crippen LogP contribution in [0.2, 0.25) is 0 Å². The summed E-state index contributed by atoms with van der Waals surface area (Å²) < 4.78 is 54.4. The summed E-state index contributed by atoms with van der Waals surface area (Å²) in [5.41, 5.74) is 0. The van der Waals surface area contributed by atoms with Gasteiger partial charge in [0.25, 0.3) is 0 Å². The number of hydrogen-bond donors (Lipinski definition) is 0. The normalized spacial score (nSPS) is 32.1. The zero-order valence-corrected chi connectivity index (χ0v) is 14.1. The molecule has 0 aromatic rings. The number of ether oxygens (including phenoxy) is 5. The molecule has 1 rings (SSSR count). The maximum atomic E-state index is 11.0. The van der Waals surface area contributed by atoms with Crippen LogP contribution >= 0.6 is 15.9 Å². The maximum absolute atomic E-state index is 11.0. The van der Waals surface area contributed by atoms with Crippen LogP contribution in [0.1, 0.15) is 5.48 Å². The summed E-state index contributed by atoms with van der Waals surface area (Å²) in [6.45, 7) is -2.73. The van der Waals surface area contributed by atoms with E-state index in [9.17, 15) is 19.2 Å². The predicted molar refractivity (Wildman–Crippen MR) is 81.9 cm³/mol. The average molecular weight is 415 g/mol. The number of rotatable bonds is 13. The lowest BCUT2D eigenvalue weighted by atomic mass is 9.99. The Morgan fingerprint density at radius 2 is 1.33 bits per heavy atom. The molecule has 5 atom stereocenters. The fourth-order valence-corrected chi connectivity index (χ4v) is 2.90. The van der Waals surface area contributed by atoms with Gasteiger partial charge in [0.1, 0.15) is 86.4 Å². The van der Waals surface area contributed by atoms with Crippen molar-refractivity contribution in [1.82, 2.24) is 0 Å². The van der Waals surface area contributed by atoms with Crippen molar-refractivity contribution >= 4 is 41.0 Å². The molecule has 1 unspecified atom stereocenters. The highest BCUT2D eigenvalue weighted by molar-refractivity contribution is 9.09. The first-order valence-corrected chi connectivity index (χ1v) is 7.73. The lowest BCUT2D eigenvalue weighted by Gasteiger charge is -2.43. The van der Waals surface area contributed by atoms with Crippen LogP contribution in [-0.4, -0.2) is 87.5 Å². The largest absolute Gasteiger partial charge is 0.371 e. The van der Waals surface area contributed by atoms with Crippen LogP contribution in [0.5, 0.6) is 0 Å². The molecule has 0 radical (unpaired) electrons. The highest BCUT2D eigenvalue weighted by Crippen LogP contribution is 2.31. The Labute approximate surface area is 152 Å². The molecule has 0 N–H and O–H groups in total. The number of alkyl halides is 1. The Balaban J connectivity index is 3.03. The average Bonchev–Trinajstić information content (AvgIpc) is 2.57. The molecule has 1 saturated heterocycles. The minimum atomic E-state index is -1.15. The van der Waals surface area contributed by atoms with Crippen LogP contribution < -0.4 is 0 Å². The van der Waals surface area contributed by atoms with E-state index < -0.39 is 80.9 Å². The van der Waals surface area contributed by atoms with Crippen molar-refractivity contribution in [3.8, 4) is 0 Å². The molecule has 1 heterocycles. The van der Waals surface area contributed by atoms with Crippen molar-refractivity contribution in [2.45, 2.75) is 29.4 Å². The van der Waals surface area contributed by atoms with Crippen LogP contribution in [0, 0.1) is 0 Å². The summed E-state index contributed by atoms with van der Waals surface area (Å²) in [5, 5.41) is -0.926. The molecule has 1 aliphatic heterocycles. The predicted octanol–water partition coefficient (Wildman–Crippen LogP) is -0.926. The molecule has 0 aromatic carbocycles. The van der Waals surface area contributed by atoms with E-state index in [4.69, 9.17) is 29.2 Å². The second-order valence-corrected chi connectivity index (χ2v) is 5.35. The highest BCUT2D eigenvalue weighted by Gasteiger charge is 2.47. The highest BCUT2D eigenvalue weighted by atomic mass is 79.9. The molecule has 9 nitrogen and oxygen atoms in total. The van der Waals surface area contributed by atoms with Crippen molar-refractivity contribution in [1.29, 1.82) is 0 Å². The van der Waals surface area contributed by atoms with E-state index in [-0.39, 0.29) is 6.61 Å². The minimum Gasteiger partial charge on any atom is -0.371 e. The molecule has 0 aromatic heterocycles. The van der Waals surface area contributed by atoms with Gasteiger partial charge in [0, 0.05) is 0 Å². The van der Waals surface area contributed by atoms with E-state index in [0.717, 1.165) is 0 Å². The van der Waals surface area contributed by atoms with Crippen molar-refractivity contribution in [3.05, 3.63) is 0 Å². The monoisotopic (exact) mass is 414 g/mol. The number of carbonyl (C=O) groups excluding carboxylic acids is 4. The van der Waals surface area contributed by atoms with Crippen LogP contribution in [0.3, 0.4) is 0 Å². The Hall–Kier alpha value is -1.04.